The molecule has 1 fully saturated rings. The van der Waals surface area contributed by atoms with E-state index in [1.54, 1.807) is 24.2 Å². The van der Waals surface area contributed by atoms with Gasteiger partial charge in [0, 0.05) is 45.5 Å². The van der Waals surface area contributed by atoms with Gasteiger partial charge in [0.2, 0.25) is 0 Å². The number of aromatic nitrogens is 4. The minimum absolute atomic E-state index is 0.0327. The molecule has 9 heteroatoms. The van der Waals surface area contributed by atoms with Crippen LogP contribution in [0.25, 0.3) is 10.9 Å². The van der Waals surface area contributed by atoms with Crippen molar-refractivity contribution in [1.82, 2.24) is 24.8 Å². The minimum Gasteiger partial charge on any atom is -0.383 e. The number of hydrogen-bond donors (Lipinski definition) is 0. The van der Waals surface area contributed by atoms with Crippen molar-refractivity contribution in [2.75, 3.05) is 44.8 Å². The molecule has 0 saturated carbocycles. The summed E-state index contributed by atoms with van der Waals surface area (Å²) >= 11 is 0. The average Bonchev–Trinajstić information content (AvgIpc) is 3.21. The number of piperazine rings is 1. The zero-order valence-corrected chi connectivity index (χ0v) is 15.2. The summed E-state index contributed by atoms with van der Waals surface area (Å²) in [5.41, 5.74) is 2.63. The monoisotopic (exact) mass is 370 g/mol. The number of nitrogens with zero attached hydrogens (tertiary/aromatic N) is 6. The second kappa shape index (κ2) is 7.85. The topological polar surface area (TPSA) is 89.5 Å². The van der Waals surface area contributed by atoms with Crippen molar-refractivity contribution in [1.29, 1.82) is 0 Å². The Morgan fingerprint density at radius 2 is 2.07 bits per heavy atom. The highest BCUT2D eigenvalue weighted by molar-refractivity contribution is 5.81. The van der Waals surface area contributed by atoms with Gasteiger partial charge in [-0.2, -0.15) is 0 Å². The third kappa shape index (κ3) is 3.83. The Morgan fingerprint density at radius 3 is 2.81 bits per heavy atom. The molecule has 1 aliphatic rings. The molecular formula is C18H22N6O3. The fraction of sp³-hybridized carbons (Fsp3) is 0.444. The molecule has 0 atom stereocenters. The first-order valence-electron chi connectivity index (χ1n) is 8.96. The summed E-state index contributed by atoms with van der Waals surface area (Å²) in [6.45, 7) is 5.40. The maximum Gasteiger partial charge on any atom is 0.261 e. The van der Waals surface area contributed by atoms with Gasteiger partial charge < -0.3 is 9.64 Å². The lowest BCUT2D eigenvalue weighted by molar-refractivity contribution is 0.186. The molecule has 0 unspecified atom stereocenters. The zero-order valence-electron chi connectivity index (χ0n) is 15.2. The van der Waals surface area contributed by atoms with E-state index in [0.29, 0.717) is 18.5 Å². The van der Waals surface area contributed by atoms with Crippen LogP contribution in [-0.4, -0.2) is 64.7 Å². The van der Waals surface area contributed by atoms with Crippen LogP contribution in [0, 0.1) is 0 Å². The number of methoxy groups -OCH3 is 1. The number of rotatable bonds is 6. The van der Waals surface area contributed by atoms with E-state index in [2.05, 4.69) is 29.7 Å². The molecule has 142 valence electrons. The van der Waals surface area contributed by atoms with Crippen LogP contribution in [0.1, 0.15) is 5.69 Å². The molecular weight excluding hydrogens is 348 g/mol. The molecule has 0 amide bonds. The molecule has 0 radical (unpaired) electrons. The van der Waals surface area contributed by atoms with Crippen LogP contribution in [0.2, 0.25) is 0 Å². The highest BCUT2D eigenvalue weighted by atomic mass is 16.6. The number of benzene rings is 1. The predicted molar refractivity (Wildman–Crippen MR) is 99.7 cm³/mol. The summed E-state index contributed by atoms with van der Waals surface area (Å²) in [5, 5.41) is 8.14. The van der Waals surface area contributed by atoms with Crippen molar-refractivity contribution < 1.29 is 9.37 Å². The minimum atomic E-state index is -0.0327. The van der Waals surface area contributed by atoms with Crippen LogP contribution >= 0.6 is 0 Å². The van der Waals surface area contributed by atoms with E-state index in [1.807, 2.05) is 18.2 Å². The summed E-state index contributed by atoms with van der Waals surface area (Å²) in [7, 11) is 1.62. The van der Waals surface area contributed by atoms with Gasteiger partial charge in [-0.3, -0.25) is 14.3 Å². The van der Waals surface area contributed by atoms with E-state index >= 15 is 0 Å². The zero-order chi connectivity index (χ0) is 18.6. The van der Waals surface area contributed by atoms with E-state index < -0.39 is 0 Å². The van der Waals surface area contributed by atoms with Gasteiger partial charge in [0.05, 0.1) is 36.6 Å². The smallest absolute Gasteiger partial charge is 0.261 e. The van der Waals surface area contributed by atoms with Gasteiger partial charge in [-0.15, -0.1) is 0 Å². The fourth-order valence-corrected chi connectivity index (χ4v) is 3.34. The van der Waals surface area contributed by atoms with Gasteiger partial charge in [-0.05, 0) is 18.2 Å². The van der Waals surface area contributed by atoms with Crippen LogP contribution in [0.4, 0.5) is 5.69 Å². The van der Waals surface area contributed by atoms with Crippen molar-refractivity contribution in [3.63, 3.8) is 0 Å². The van der Waals surface area contributed by atoms with E-state index in [-0.39, 0.29) is 5.56 Å². The first-order valence-corrected chi connectivity index (χ1v) is 8.96. The van der Waals surface area contributed by atoms with Gasteiger partial charge in [0.25, 0.3) is 5.56 Å². The lowest BCUT2D eigenvalue weighted by Crippen LogP contribution is -2.46. The van der Waals surface area contributed by atoms with Crippen molar-refractivity contribution in [3.8, 4) is 0 Å². The normalized spacial score (nSPS) is 15.5. The lowest BCUT2D eigenvalue weighted by atomic mass is 10.2. The summed E-state index contributed by atoms with van der Waals surface area (Å²) in [6.07, 6.45) is 3.25. The van der Waals surface area contributed by atoms with Crippen LogP contribution in [-0.2, 0) is 17.8 Å². The van der Waals surface area contributed by atoms with E-state index in [4.69, 9.17) is 4.74 Å². The second-order valence-corrected chi connectivity index (χ2v) is 6.60. The average molecular weight is 370 g/mol. The standard InChI is InChI=1S/C18H22N6O3/c1-26-9-8-24-13-19-17-10-15(2-3-16(17)18(24)25)23-6-4-22(5-7-23)12-14-11-20-27-21-14/h2-3,10-11,13H,4-9,12H2,1H3. The molecule has 0 spiro atoms. The van der Waals surface area contributed by atoms with Gasteiger partial charge >= 0.3 is 0 Å². The Hall–Kier alpha value is -2.78. The summed E-state index contributed by atoms with van der Waals surface area (Å²) in [6, 6.07) is 5.87. The van der Waals surface area contributed by atoms with E-state index in [1.165, 1.54) is 0 Å². The summed E-state index contributed by atoms with van der Waals surface area (Å²) in [5.74, 6) is 0. The Balaban J connectivity index is 1.46. The van der Waals surface area contributed by atoms with Gasteiger partial charge in [0.15, 0.2) is 0 Å². The molecule has 0 aliphatic carbocycles. The Labute approximate surface area is 156 Å². The van der Waals surface area contributed by atoms with Gasteiger partial charge in [-0.1, -0.05) is 10.3 Å². The maximum atomic E-state index is 12.5. The fourth-order valence-electron chi connectivity index (χ4n) is 3.34. The first-order chi connectivity index (χ1) is 13.2. The molecule has 27 heavy (non-hydrogen) atoms. The molecule has 9 nitrogen and oxygen atoms in total. The molecule has 4 rings (SSSR count). The molecule has 1 saturated heterocycles. The third-order valence-electron chi connectivity index (χ3n) is 4.88. The lowest BCUT2D eigenvalue weighted by Gasteiger charge is -2.35. The van der Waals surface area contributed by atoms with Gasteiger partial charge in [-0.25, -0.2) is 9.61 Å². The summed E-state index contributed by atoms with van der Waals surface area (Å²) in [4.78, 5) is 21.6. The van der Waals surface area contributed by atoms with Gasteiger partial charge in [0.1, 0.15) is 5.69 Å². The van der Waals surface area contributed by atoms with Crippen molar-refractivity contribution in [2.45, 2.75) is 13.1 Å². The summed E-state index contributed by atoms with van der Waals surface area (Å²) < 4.78 is 11.3. The molecule has 0 bridgehead atoms. The molecule has 0 N–H and O–H groups in total. The van der Waals surface area contributed by atoms with E-state index in [0.717, 1.165) is 49.6 Å². The largest absolute Gasteiger partial charge is 0.383 e. The first kappa shape index (κ1) is 17.6. The highest BCUT2D eigenvalue weighted by Gasteiger charge is 2.19. The third-order valence-corrected chi connectivity index (χ3v) is 4.88. The number of anilines is 1. The number of hydrogen-bond acceptors (Lipinski definition) is 8. The molecule has 1 aliphatic heterocycles. The molecule has 3 aromatic rings. The van der Waals surface area contributed by atoms with Crippen LogP contribution in [0.15, 0.2) is 40.1 Å². The molecule has 3 heterocycles. The Morgan fingerprint density at radius 1 is 1.22 bits per heavy atom. The predicted octanol–water partition coefficient (Wildman–Crippen LogP) is 0.748. The molecule has 2 aromatic heterocycles. The van der Waals surface area contributed by atoms with E-state index in [9.17, 15) is 4.79 Å². The van der Waals surface area contributed by atoms with Crippen molar-refractivity contribution in [3.05, 3.63) is 46.8 Å². The van der Waals surface area contributed by atoms with Crippen LogP contribution in [0.5, 0.6) is 0 Å². The molecule has 1 aromatic carbocycles. The van der Waals surface area contributed by atoms with Crippen LogP contribution in [0.3, 0.4) is 0 Å². The Kier molecular flexibility index (Phi) is 5.12. The quantitative estimate of drug-likeness (QED) is 0.628. The van der Waals surface area contributed by atoms with Crippen molar-refractivity contribution in [2.24, 2.45) is 0 Å². The number of fused-ring (bicyclic) bond motifs is 1. The SMILES string of the molecule is COCCn1cnc2cc(N3CCN(Cc4cnon4)CC3)ccc2c1=O. The maximum absolute atomic E-state index is 12.5. The van der Waals surface area contributed by atoms with Crippen LogP contribution < -0.4 is 10.5 Å². The second-order valence-electron chi connectivity index (χ2n) is 6.60. The highest BCUT2D eigenvalue weighted by Crippen LogP contribution is 2.20. The Bertz CT molecular complexity index is 947. The van der Waals surface area contributed by atoms with Crippen molar-refractivity contribution >= 4 is 16.6 Å². The number of ether oxygens (including phenoxy) is 1.